The number of aromatic carboxylic acids is 1. The monoisotopic (exact) mass is 427 g/mol. The molecule has 0 aliphatic heterocycles. The third kappa shape index (κ3) is 3.20. The standard InChI is InChI=1S/C15H14BrN3O5S/c1-8-10-5-9(16)3-4-11(10)24-12(8)6-18-25(22,23)13-7-17-19(2)14(13)15(20)21/h3-5,7,18H,6H2,1-2H3,(H,20,21). The fraction of sp³-hybridized carbons (Fsp3) is 0.200. The molecule has 0 radical (unpaired) electrons. The van der Waals surface area contributed by atoms with Crippen LogP contribution in [0, 0.1) is 6.92 Å². The summed E-state index contributed by atoms with van der Waals surface area (Å²) in [6, 6.07) is 5.50. The topological polar surface area (TPSA) is 114 Å². The van der Waals surface area contributed by atoms with Crippen LogP contribution >= 0.6 is 15.9 Å². The molecule has 2 heterocycles. The van der Waals surface area contributed by atoms with Gasteiger partial charge in [-0.05, 0) is 30.7 Å². The molecule has 0 aliphatic rings. The number of carboxylic acids is 1. The smallest absolute Gasteiger partial charge is 0.355 e. The van der Waals surface area contributed by atoms with Gasteiger partial charge in [0.05, 0.1) is 12.7 Å². The lowest BCUT2D eigenvalue weighted by molar-refractivity contribution is 0.0680. The van der Waals surface area contributed by atoms with Crippen molar-refractivity contribution >= 4 is 42.9 Å². The molecule has 0 saturated carbocycles. The molecule has 0 amide bonds. The van der Waals surface area contributed by atoms with Crippen molar-refractivity contribution in [2.24, 2.45) is 7.05 Å². The van der Waals surface area contributed by atoms with Gasteiger partial charge < -0.3 is 9.52 Å². The second kappa shape index (κ2) is 6.28. The van der Waals surface area contributed by atoms with Gasteiger partial charge in [0, 0.05) is 16.9 Å². The Kier molecular flexibility index (Phi) is 4.43. The molecular formula is C15H14BrN3O5S. The number of furan rings is 1. The van der Waals surface area contributed by atoms with E-state index in [9.17, 15) is 18.3 Å². The quantitative estimate of drug-likeness (QED) is 0.645. The average molecular weight is 428 g/mol. The number of sulfonamides is 1. The summed E-state index contributed by atoms with van der Waals surface area (Å²) in [6.45, 7) is 1.73. The van der Waals surface area contributed by atoms with E-state index in [0.29, 0.717) is 11.3 Å². The molecule has 0 aliphatic carbocycles. The maximum absolute atomic E-state index is 12.4. The van der Waals surface area contributed by atoms with Crippen LogP contribution in [0.15, 0.2) is 38.2 Å². The lowest BCUT2D eigenvalue weighted by Gasteiger charge is -2.05. The average Bonchev–Trinajstić information content (AvgIpc) is 3.07. The zero-order valence-corrected chi connectivity index (χ0v) is 15.7. The Bertz CT molecular complexity index is 1080. The first-order valence-electron chi connectivity index (χ1n) is 7.13. The number of fused-ring (bicyclic) bond motifs is 1. The van der Waals surface area contributed by atoms with Gasteiger partial charge in [0.15, 0.2) is 5.69 Å². The van der Waals surface area contributed by atoms with Crippen LogP contribution in [0.4, 0.5) is 0 Å². The molecule has 0 bridgehead atoms. The van der Waals surface area contributed by atoms with Crippen LogP contribution < -0.4 is 4.72 Å². The van der Waals surface area contributed by atoms with E-state index in [-0.39, 0.29) is 11.4 Å². The molecule has 0 saturated heterocycles. The second-order valence-corrected chi connectivity index (χ2v) is 8.05. The number of aryl methyl sites for hydroxylation is 2. The maximum atomic E-state index is 12.4. The van der Waals surface area contributed by atoms with Crippen LogP contribution in [0.5, 0.6) is 0 Å². The van der Waals surface area contributed by atoms with Gasteiger partial charge in [-0.15, -0.1) is 0 Å². The fourth-order valence-corrected chi connectivity index (χ4v) is 4.01. The minimum atomic E-state index is -4.06. The summed E-state index contributed by atoms with van der Waals surface area (Å²) in [6.07, 6.45) is 1.01. The van der Waals surface area contributed by atoms with Crippen molar-refractivity contribution in [2.75, 3.05) is 0 Å². The number of hydrogen-bond acceptors (Lipinski definition) is 5. The first-order chi connectivity index (χ1) is 11.7. The molecule has 3 aromatic rings. The summed E-state index contributed by atoms with van der Waals surface area (Å²) in [5.74, 6) is -0.914. The van der Waals surface area contributed by atoms with E-state index >= 15 is 0 Å². The Hall–Kier alpha value is -2.17. The molecule has 8 nitrogen and oxygen atoms in total. The van der Waals surface area contributed by atoms with Crippen molar-refractivity contribution < 1.29 is 22.7 Å². The molecule has 0 fully saturated rings. The highest BCUT2D eigenvalue weighted by molar-refractivity contribution is 9.10. The molecule has 3 rings (SSSR count). The van der Waals surface area contributed by atoms with E-state index in [1.54, 1.807) is 6.07 Å². The Balaban J connectivity index is 1.91. The first-order valence-corrected chi connectivity index (χ1v) is 9.41. The number of aromatic nitrogens is 2. The van der Waals surface area contributed by atoms with Crippen molar-refractivity contribution in [3.8, 4) is 0 Å². The number of nitrogens with zero attached hydrogens (tertiary/aromatic N) is 2. The summed E-state index contributed by atoms with van der Waals surface area (Å²) in [4.78, 5) is 10.9. The minimum Gasteiger partial charge on any atom is -0.476 e. The van der Waals surface area contributed by atoms with Crippen LogP contribution in [-0.2, 0) is 23.6 Å². The number of carboxylic acid groups (broad SMARTS) is 1. The first kappa shape index (κ1) is 17.6. The summed E-state index contributed by atoms with van der Waals surface area (Å²) in [7, 11) is -2.69. The zero-order chi connectivity index (χ0) is 18.4. The number of benzene rings is 1. The number of carbonyl (C=O) groups is 1. The van der Waals surface area contributed by atoms with E-state index in [0.717, 1.165) is 26.3 Å². The normalized spacial score (nSPS) is 12.0. The summed E-state index contributed by atoms with van der Waals surface area (Å²) >= 11 is 3.38. The molecule has 0 unspecified atom stereocenters. The van der Waals surface area contributed by atoms with Gasteiger partial charge in [0.2, 0.25) is 10.0 Å². The fourth-order valence-electron chi connectivity index (χ4n) is 2.51. The third-order valence-corrected chi connectivity index (χ3v) is 5.71. The summed E-state index contributed by atoms with van der Waals surface area (Å²) in [5, 5.41) is 13.8. The van der Waals surface area contributed by atoms with Gasteiger partial charge in [0.1, 0.15) is 16.2 Å². The van der Waals surface area contributed by atoms with E-state index in [2.05, 4.69) is 25.8 Å². The lowest BCUT2D eigenvalue weighted by Crippen LogP contribution is -2.25. The Morgan fingerprint density at radius 3 is 2.84 bits per heavy atom. The van der Waals surface area contributed by atoms with E-state index < -0.39 is 21.7 Å². The maximum Gasteiger partial charge on any atom is 0.355 e. The number of halogens is 1. The lowest BCUT2D eigenvalue weighted by atomic mass is 10.1. The van der Waals surface area contributed by atoms with Gasteiger partial charge >= 0.3 is 5.97 Å². The largest absolute Gasteiger partial charge is 0.476 e. The predicted octanol–water partition coefficient (Wildman–Crippen LogP) is 2.41. The summed E-state index contributed by atoms with van der Waals surface area (Å²) in [5.41, 5.74) is 1.05. The van der Waals surface area contributed by atoms with Crippen LogP contribution in [0.1, 0.15) is 21.8 Å². The van der Waals surface area contributed by atoms with Gasteiger partial charge in [-0.1, -0.05) is 15.9 Å². The van der Waals surface area contributed by atoms with Crippen molar-refractivity contribution in [1.82, 2.24) is 14.5 Å². The van der Waals surface area contributed by atoms with Crippen LogP contribution in [0.2, 0.25) is 0 Å². The van der Waals surface area contributed by atoms with Crippen molar-refractivity contribution in [2.45, 2.75) is 18.4 Å². The van der Waals surface area contributed by atoms with Gasteiger partial charge in [-0.25, -0.2) is 17.9 Å². The molecule has 2 N–H and O–H groups in total. The second-order valence-electron chi connectivity index (χ2n) is 5.40. The molecule has 2 aromatic heterocycles. The molecular weight excluding hydrogens is 414 g/mol. The highest BCUT2D eigenvalue weighted by Gasteiger charge is 2.27. The number of hydrogen-bond donors (Lipinski definition) is 2. The van der Waals surface area contributed by atoms with E-state index in [1.807, 2.05) is 19.1 Å². The number of rotatable bonds is 5. The predicted molar refractivity (Wildman–Crippen MR) is 92.8 cm³/mol. The van der Waals surface area contributed by atoms with Crippen molar-refractivity contribution in [3.63, 3.8) is 0 Å². The Morgan fingerprint density at radius 1 is 1.44 bits per heavy atom. The van der Waals surface area contributed by atoms with Crippen molar-refractivity contribution in [3.05, 3.63) is 45.9 Å². The van der Waals surface area contributed by atoms with Crippen LogP contribution in [0.25, 0.3) is 11.0 Å². The molecule has 0 spiro atoms. The summed E-state index contributed by atoms with van der Waals surface area (Å²) < 4.78 is 34.8. The molecule has 0 atom stereocenters. The minimum absolute atomic E-state index is 0.103. The van der Waals surface area contributed by atoms with Crippen molar-refractivity contribution in [1.29, 1.82) is 0 Å². The van der Waals surface area contributed by atoms with Gasteiger partial charge in [0.25, 0.3) is 0 Å². The van der Waals surface area contributed by atoms with E-state index in [1.165, 1.54) is 7.05 Å². The zero-order valence-electron chi connectivity index (χ0n) is 13.3. The number of nitrogens with one attached hydrogen (secondary N) is 1. The SMILES string of the molecule is Cc1c(CNS(=O)(=O)c2cnn(C)c2C(=O)O)oc2ccc(Br)cc12. The molecule has 10 heteroatoms. The highest BCUT2D eigenvalue weighted by atomic mass is 79.9. The molecule has 1 aromatic carbocycles. The van der Waals surface area contributed by atoms with Gasteiger partial charge in [-0.3, -0.25) is 4.68 Å². The Labute approximate surface area is 151 Å². The van der Waals surface area contributed by atoms with Gasteiger partial charge in [-0.2, -0.15) is 5.10 Å². The van der Waals surface area contributed by atoms with Crippen LogP contribution in [0.3, 0.4) is 0 Å². The molecule has 132 valence electrons. The van der Waals surface area contributed by atoms with E-state index in [4.69, 9.17) is 4.42 Å². The third-order valence-electron chi connectivity index (χ3n) is 3.82. The Morgan fingerprint density at radius 2 is 2.16 bits per heavy atom. The highest BCUT2D eigenvalue weighted by Crippen LogP contribution is 2.28. The van der Waals surface area contributed by atoms with Crippen LogP contribution in [-0.4, -0.2) is 29.3 Å². The molecule has 25 heavy (non-hydrogen) atoms.